The molecule has 1 aromatic rings. The summed E-state index contributed by atoms with van der Waals surface area (Å²) < 4.78 is 0.966. The minimum Gasteiger partial charge on any atom is -0.336 e. The Balaban J connectivity index is 0.00000200. The second kappa shape index (κ2) is 8.41. The van der Waals surface area contributed by atoms with Gasteiger partial charge in [-0.2, -0.15) is 0 Å². The van der Waals surface area contributed by atoms with Crippen LogP contribution < -0.4 is 5.73 Å². The van der Waals surface area contributed by atoms with Crippen LogP contribution in [0.15, 0.2) is 18.2 Å². The van der Waals surface area contributed by atoms with Crippen LogP contribution in [0, 0.1) is 3.57 Å². The molecule has 2 N–H and O–H groups in total. The quantitative estimate of drug-likeness (QED) is 0.746. The molecule has 1 aromatic carbocycles. The maximum Gasteiger partial charge on any atom is 0.254 e. The third-order valence-corrected chi connectivity index (χ3v) is 5.13. The predicted octanol–water partition coefficient (Wildman–Crippen LogP) is 3.71. The molecule has 1 fully saturated rings. The molecule has 3 nitrogen and oxygen atoms in total. The van der Waals surface area contributed by atoms with E-state index in [9.17, 15) is 4.79 Å². The molecule has 1 aliphatic rings. The second-order valence-corrected chi connectivity index (χ2v) is 6.42. The van der Waals surface area contributed by atoms with Crippen LogP contribution in [0.4, 0.5) is 0 Å². The highest BCUT2D eigenvalue weighted by molar-refractivity contribution is 14.1. The first kappa shape index (κ1) is 18.0. The number of rotatable bonds is 3. The van der Waals surface area contributed by atoms with Crippen molar-refractivity contribution in [2.45, 2.75) is 31.7 Å². The Kier molecular flexibility index (Phi) is 7.58. The van der Waals surface area contributed by atoms with Crippen LogP contribution in [0.25, 0.3) is 0 Å². The molecule has 1 aliphatic heterocycles. The van der Waals surface area contributed by atoms with Gasteiger partial charge in [-0.25, -0.2) is 0 Å². The molecule has 6 heteroatoms. The van der Waals surface area contributed by atoms with Crippen molar-refractivity contribution in [1.29, 1.82) is 0 Å². The van der Waals surface area contributed by atoms with Gasteiger partial charge in [-0.05, 0) is 73.0 Å². The zero-order chi connectivity index (χ0) is 13.8. The fourth-order valence-corrected chi connectivity index (χ4v) is 3.07. The van der Waals surface area contributed by atoms with Crippen molar-refractivity contribution in [2.24, 2.45) is 5.73 Å². The van der Waals surface area contributed by atoms with Gasteiger partial charge < -0.3 is 10.6 Å². The maximum absolute atomic E-state index is 12.6. The summed E-state index contributed by atoms with van der Waals surface area (Å²) >= 11 is 8.26. The van der Waals surface area contributed by atoms with Crippen LogP contribution in [0.5, 0.6) is 0 Å². The highest BCUT2D eigenvalue weighted by Crippen LogP contribution is 2.24. The summed E-state index contributed by atoms with van der Waals surface area (Å²) in [5.41, 5.74) is 6.32. The van der Waals surface area contributed by atoms with Gasteiger partial charge in [0.1, 0.15) is 0 Å². The fraction of sp³-hybridized carbons (Fsp3) is 0.500. The van der Waals surface area contributed by atoms with Gasteiger partial charge in [0.15, 0.2) is 0 Å². The average Bonchev–Trinajstić information content (AvgIpc) is 2.42. The summed E-state index contributed by atoms with van der Waals surface area (Å²) in [6.07, 6.45) is 4.19. The summed E-state index contributed by atoms with van der Waals surface area (Å²) in [6, 6.07) is 5.78. The normalized spacial score (nSPS) is 18.6. The number of nitrogens with two attached hydrogens (primary N) is 1. The Morgan fingerprint density at radius 2 is 2.20 bits per heavy atom. The number of carbonyl (C=O) groups excluding carboxylic acids is 1. The Morgan fingerprint density at radius 1 is 1.45 bits per heavy atom. The average molecular weight is 429 g/mol. The predicted molar refractivity (Wildman–Crippen MR) is 93.8 cm³/mol. The summed E-state index contributed by atoms with van der Waals surface area (Å²) in [5.74, 6) is 0.0800. The molecule has 1 unspecified atom stereocenters. The molecule has 0 bridgehead atoms. The van der Waals surface area contributed by atoms with Gasteiger partial charge in [-0.1, -0.05) is 11.6 Å². The van der Waals surface area contributed by atoms with Crippen molar-refractivity contribution < 1.29 is 4.79 Å². The van der Waals surface area contributed by atoms with Crippen molar-refractivity contribution in [2.75, 3.05) is 13.1 Å². The third kappa shape index (κ3) is 4.23. The molecule has 1 amide bonds. The molecule has 0 aliphatic carbocycles. The lowest BCUT2D eigenvalue weighted by Gasteiger charge is -2.35. The van der Waals surface area contributed by atoms with E-state index in [2.05, 4.69) is 22.6 Å². The Bertz CT molecular complexity index is 468. The van der Waals surface area contributed by atoms with Crippen LogP contribution >= 0.6 is 46.6 Å². The van der Waals surface area contributed by atoms with Gasteiger partial charge in [0.2, 0.25) is 0 Å². The highest BCUT2D eigenvalue weighted by atomic mass is 127. The van der Waals surface area contributed by atoms with E-state index in [0.29, 0.717) is 17.1 Å². The maximum atomic E-state index is 12.6. The fourth-order valence-electron chi connectivity index (χ4n) is 2.56. The summed E-state index contributed by atoms with van der Waals surface area (Å²) in [6.45, 7) is 1.45. The van der Waals surface area contributed by atoms with Crippen LogP contribution in [-0.4, -0.2) is 29.9 Å². The number of hydrogen-bond acceptors (Lipinski definition) is 2. The lowest BCUT2D eigenvalue weighted by atomic mass is 9.98. The molecule has 112 valence electrons. The zero-order valence-corrected chi connectivity index (χ0v) is 14.9. The van der Waals surface area contributed by atoms with E-state index in [-0.39, 0.29) is 24.4 Å². The van der Waals surface area contributed by atoms with Gasteiger partial charge in [0, 0.05) is 21.7 Å². The molecule has 2 rings (SSSR count). The summed E-state index contributed by atoms with van der Waals surface area (Å²) in [7, 11) is 0. The molecule has 0 aromatic heterocycles. The van der Waals surface area contributed by atoms with Crippen LogP contribution in [0.2, 0.25) is 5.02 Å². The summed E-state index contributed by atoms with van der Waals surface area (Å²) in [4.78, 5) is 14.5. The SMILES string of the molecule is Cl.NCCC1CCCCN1C(=O)c1ccc(I)c(Cl)c1. The monoisotopic (exact) mass is 428 g/mol. The number of hydrogen-bond donors (Lipinski definition) is 1. The Hall–Kier alpha value is -0.0400. The van der Waals surface area contributed by atoms with Gasteiger partial charge in [0.05, 0.1) is 5.02 Å². The molecule has 0 radical (unpaired) electrons. The van der Waals surface area contributed by atoms with Crippen molar-refractivity contribution in [3.05, 3.63) is 32.4 Å². The lowest BCUT2D eigenvalue weighted by Crippen LogP contribution is -2.44. The number of halogens is 3. The summed E-state index contributed by atoms with van der Waals surface area (Å²) in [5, 5.41) is 0.638. The largest absolute Gasteiger partial charge is 0.336 e. The van der Waals surface area contributed by atoms with Crippen LogP contribution in [0.3, 0.4) is 0 Å². The number of nitrogens with zero attached hydrogens (tertiary/aromatic N) is 1. The number of piperidine rings is 1. The minimum atomic E-state index is 0. The van der Waals surface area contributed by atoms with E-state index in [0.717, 1.165) is 29.4 Å². The molecule has 1 saturated heterocycles. The minimum absolute atomic E-state index is 0. The van der Waals surface area contributed by atoms with Gasteiger partial charge >= 0.3 is 0 Å². The molecular formula is C14H19Cl2IN2O. The highest BCUT2D eigenvalue weighted by Gasteiger charge is 2.26. The third-order valence-electron chi connectivity index (χ3n) is 3.55. The molecule has 20 heavy (non-hydrogen) atoms. The molecular weight excluding hydrogens is 410 g/mol. The van der Waals surface area contributed by atoms with E-state index >= 15 is 0 Å². The standard InChI is InChI=1S/C14H18ClIN2O.ClH/c15-12-9-10(4-5-13(12)16)14(19)18-8-2-1-3-11(18)6-7-17;/h4-5,9,11H,1-3,6-8,17H2;1H. The Labute approximate surface area is 144 Å². The van der Waals surface area contributed by atoms with E-state index < -0.39 is 0 Å². The zero-order valence-electron chi connectivity index (χ0n) is 11.1. The van der Waals surface area contributed by atoms with Gasteiger partial charge in [-0.3, -0.25) is 4.79 Å². The first-order valence-electron chi connectivity index (χ1n) is 6.59. The van der Waals surface area contributed by atoms with Crippen molar-refractivity contribution in [1.82, 2.24) is 4.90 Å². The first-order valence-corrected chi connectivity index (χ1v) is 8.05. The first-order chi connectivity index (χ1) is 9.13. The van der Waals surface area contributed by atoms with E-state index in [4.69, 9.17) is 17.3 Å². The van der Waals surface area contributed by atoms with Crippen LogP contribution in [0.1, 0.15) is 36.0 Å². The van der Waals surface area contributed by atoms with E-state index in [1.54, 1.807) is 6.07 Å². The van der Waals surface area contributed by atoms with Crippen molar-refractivity contribution in [3.63, 3.8) is 0 Å². The molecule has 1 atom stereocenters. The van der Waals surface area contributed by atoms with Crippen molar-refractivity contribution >= 4 is 52.5 Å². The van der Waals surface area contributed by atoms with Crippen molar-refractivity contribution in [3.8, 4) is 0 Å². The van der Waals surface area contributed by atoms with E-state index in [1.165, 1.54) is 6.42 Å². The number of benzene rings is 1. The number of carbonyl (C=O) groups is 1. The lowest BCUT2D eigenvalue weighted by molar-refractivity contribution is 0.0605. The van der Waals surface area contributed by atoms with Gasteiger partial charge in [0.25, 0.3) is 5.91 Å². The number of amides is 1. The smallest absolute Gasteiger partial charge is 0.254 e. The van der Waals surface area contributed by atoms with Gasteiger partial charge in [-0.15, -0.1) is 12.4 Å². The Morgan fingerprint density at radius 3 is 2.85 bits per heavy atom. The molecule has 1 heterocycles. The topological polar surface area (TPSA) is 46.3 Å². The second-order valence-electron chi connectivity index (χ2n) is 4.85. The van der Waals surface area contributed by atoms with Crippen LogP contribution in [-0.2, 0) is 0 Å². The number of likely N-dealkylation sites (tertiary alicyclic amines) is 1. The molecule has 0 spiro atoms. The molecule has 0 saturated carbocycles. The van der Waals surface area contributed by atoms with E-state index in [1.807, 2.05) is 17.0 Å².